The van der Waals surface area contributed by atoms with Crippen molar-refractivity contribution >= 4 is 17.7 Å². The van der Waals surface area contributed by atoms with Gasteiger partial charge in [0.25, 0.3) is 0 Å². The molecular weight excluding hydrogens is 354 g/mol. The first-order valence-corrected chi connectivity index (χ1v) is 10.2. The van der Waals surface area contributed by atoms with Gasteiger partial charge >= 0.3 is 0 Å². The summed E-state index contributed by atoms with van der Waals surface area (Å²) in [6.07, 6.45) is 5.27. The number of hydrogen-bond donors (Lipinski definition) is 1. The first kappa shape index (κ1) is 20.1. The molecule has 3 atom stereocenters. The average molecular weight is 384 g/mol. The number of halogens is 1. The van der Waals surface area contributed by atoms with E-state index in [4.69, 9.17) is 11.6 Å². The normalized spacial score (nSPS) is 25.7. The zero-order valence-electron chi connectivity index (χ0n) is 16.5. The monoisotopic (exact) mass is 383 g/mol. The summed E-state index contributed by atoms with van der Waals surface area (Å²) in [7, 11) is 4.18. The Morgan fingerprint density at radius 1 is 1.15 bits per heavy atom. The summed E-state index contributed by atoms with van der Waals surface area (Å²) in [6, 6.07) is 18.3. The topological polar surface area (TPSA) is 23.5 Å². The molecule has 1 saturated carbocycles. The standard InChI is InChI=1S/C24H30ClNO/c1-18(20-8-5-4-6-9-20)24(27)21(10-7-11-22(24)17-26(2)3)16-19-12-14-23(25)15-13-19/h4-6,8-9,12-16,18,22,27H,7,10-11,17H2,1-3H3. The van der Waals surface area contributed by atoms with Crippen molar-refractivity contribution in [3.63, 3.8) is 0 Å². The zero-order valence-corrected chi connectivity index (χ0v) is 17.3. The maximum absolute atomic E-state index is 12.2. The van der Waals surface area contributed by atoms with Crippen molar-refractivity contribution in [2.75, 3.05) is 20.6 Å². The third-order valence-electron chi connectivity index (χ3n) is 5.89. The van der Waals surface area contributed by atoms with Crippen LogP contribution in [0.5, 0.6) is 0 Å². The molecule has 2 aromatic rings. The predicted octanol–water partition coefficient (Wildman–Crippen LogP) is 5.62. The molecule has 2 aromatic carbocycles. The summed E-state index contributed by atoms with van der Waals surface area (Å²) in [6.45, 7) is 3.05. The Kier molecular flexibility index (Phi) is 6.41. The lowest BCUT2D eigenvalue weighted by atomic mass is 9.64. The van der Waals surface area contributed by atoms with Gasteiger partial charge in [0.2, 0.25) is 0 Å². The van der Waals surface area contributed by atoms with E-state index in [1.165, 1.54) is 5.56 Å². The summed E-state index contributed by atoms with van der Waals surface area (Å²) in [4.78, 5) is 2.19. The van der Waals surface area contributed by atoms with E-state index in [9.17, 15) is 5.11 Å². The van der Waals surface area contributed by atoms with Gasteiger partial charge in [0.15, 0.2) is 0 Å². The maximum atomic E-state index is 12.2. The van der Waals surface area contributed by atoms with Crippen LogP contribution in [0.15, 0.2) is 60.2 Å². The zero-order chi connectivity index (χ0) is 19.4. The fraction of sp³-hybridized carbons (Fsp3) is 0.417. The van der Waals surface area contributed by atoms with Gasteiger partial charge in [-0.1, -0.05) is 67.1 Å². The van der Waals surface area contributed by atoms with E-state index in [-0.39, 0.29) is 11.8 Å². The SMILES string of the molecule is CC(c1ccccc1)C1(O)C(=Cc2ccc(Cl)cc2)CCCC1CN(C)C. The molecule has 3 heteroatoms. The lowest BCUT2D eigenvalue weighted by molar-refractivity contribution is -0.0311. The molecular formula is C24H30ClNO. The number of hydrogen-bond acceptors (Lipinski definition) is 2. The highest BCUT2D eigenvalue weighted by molar-refractivity contribution is 6.30. The largest absolute Gasteiger partial charge is 0.385 e. The van der Waals surface area contributed by atoms with Crippen LogP contribution in [0, 0.1) is 5.92 Å². The minimum atomic E-state index is -0.858. The third kappa shape index (κ3) is 4.45. The lowest BCUT2D eigenvalue weighted by Gasteiger charge is -2.47. The van der Waals surface area contributed by atoms with E-state index in [2.05, 4.69) is 56.3 Å². The lowest BCUT2D eigenvalue weighted by Crippen LogP contribution is -2.50. The number of nitrogens with zero attached hydrogens (tertiary/aromatic N) is 1. The maximum Gasteiger partial charge on any atom is 0.0965 e. The van der Waals surface area contributed by atoms with Gasteiger partial charge < -0.3 is 10.0 Å². The Labute approximate surface area is 168 Å². The summed E-state index contributed by atoms with van der Waals surface area (Å²) in [5.74, 6) is 0.234. The van der Waals surface area contributed by atoms with E-state index < -0.39 is 5.60 Å². The first-order chi connectivity index (χ1) is 12.9. The molecule has 0 amide bonds. The van der Waals surface area contributed by atoms with Crippen LogP contribution < -0.4 is 0 Å². The Morgan fingerprint density at radius 3 is 2.44 bits per heavy atom. The molecule has 1 aliphatic rings. The summed E-state index contributed by atoms with van der Waals surface area (Å²) < 4.78 is 0. The van der Waals surface area contributed by atoms with E-state index in [0.29, 0.717) is 0 Å². The second-order valence-electron chi connectivity index (χ2n) is 8.03. The summed E-state index contributed by atoms with van der Waals surface area (Å²) in [5.41, 5.74) is 2.56. The van der Waals surface area contributed by atoms with Gasteiger partial charge in [0.05, 0.1) is 5.60 Å². The van der Waals surface area contributed by atoms with E-state index in [1.807, 2.05) is 30.3 Å². The molecule has 0 saturated heterocycles. The van der Waals surface area contributed by atoms with Gasteiger partial charge in [-0.2, -0.15) is 0 Å². The van der Waals surface area contributed by atoms with Crippen molar-refractivity contribution in [2.45, 2.75) is 37.7 Å². The molecule has 1 fully saturated rings. The second-order valence-corrected chi connectivity index (χ2v) is 8.47. The molecule has 0 aliphatic heterocycles. The van der Waals surface area contributed by atoms with Crippen molar-refractivity contribution in [1.82, 2.24) is 4.90 Å². The Morgan fingerprint density at radius 2 is 1.81 bits per heavy atom. The van der Waals surface area contributed by atoms with Crippen molar-refractivity contribution in [2.24, 2.45) is 5.92 Å². The number of aliphatic hydroxyl groups is 1. The Balaban J connectivity index is 2.05. The van der Waals surface area contributed by atoms with E-state index in [1.54, 1.807) is 0 Å². The highest BCUT2D eigenvalue weighted by Gasteiger charge is 2.47. The first-order valence-electron chi connectivity index (χ1n) is 9.80. The smallest absolute Gasteiger partial charge is 0.0965 e. The van der Waals surface area contributed by atoms with E-state index >= 15 is 0 Å². The minimum absolute atomic E-state index is 0.0301. The van der Waals surface area contributed by atoms with Gasteiger partial charge in [0.1, 0.15) is 0 Å². The quantitative estimate of drug-likeness (QED) is 0.724. The second kappa shape index (κ2) is 8.60. The molecule has 3 unspecified atom stereocenters. The van der Waals surface area contributed by atoms with Crippen molar-refractivity contribution < 1.29 is 5.11 Å². The molecule has 0 heterocycles. The minimum Gasteiger partial charge on any atom is -0.385 e. The summed E-state index contributed by atoms with van der Waals surface area (Å²) in [5, 5.41) is 12.9. The Bertz CT molecular complexity index is 769. The molecule has 0 bridgehead atoms. The molecule has 27 heavy (non-hydrogen) atoms. The van der Waals surface area contributed by atoms with Crippen LogP contribution >= 0.6 is 11.6 Å². The van der Waals surface area contributed by atoms with Gasteiger partial charge in [0, 0.05) is 23.4 Å². The summed E-state index contributed by atoms with van der Waals surface area (Å²) >= 11 is 6.05. The molecule has 0 radical (unpaired) electrons. The molecule has 144 valence electrons. The Hall–Kier alpha value is -1.61. The van der Waals surface area contributed by atoms with Crippen LogP contribution in [0.4, 0.5) is 0 Å². The van der Waals surface area contributed by atoms with Crippen LogP contribution in [0.1, 0.15) is 43.2 Å². The van der Waals surface area contributed by atoms with Crippen LogP contribution in [0.3, 0.4) is 0 Å². The number of benzene rings is 2. The predicted molar refractivity (Wildman–Crippen MR) is 115 cm³/mol. The molecule has 1 aliphatic carbocycles. The van der Waals surface area contributed by atoms with Crippen molar-refractivity contribution in [3.05, 3.63) is 76.3 Å². The van der Waals surface area contributed by atoms with Crippen molar-refractivity contribution in [3.8, 4) is 0 Å². The fourth-order valence-corrected chi connectivity index (χ4v) is 4.59. The molecule has 0 aromatic heterocycles. The molecule has 3 rings (SSSR count). The van der Waals surface area contributed by atoms with Crippen LogP contribution in [0.25, 0.3) is 6.08 Å². The fourth-order valence-electron chi connectivity index (χ4n) is 4.47. The number of rotatable bonds is 5. The van der Waals surface area contributed by atoms with Gasteiger partial charge in [-0.25, -0.2) is 0 Å². The molecule has 2 nitrogen and oxygen atoms in total. The highest BCUT2D eigenvalue weighted by atomic mass is 35.5. The van der Waals surface area contributed by atoms with Gasteiger partial charge in [-0.3, -0.25) is 0 Å². The third-order valence-corrected chi connectivity index (χ3v) is 6.14. The van der Waals surface area contributed by atoms with Crippen LogP contribution in [-0.4, -0.2) is 36.2 Å². The van der Waals surface area contributed by atoms with Crippen molar-refractivity contribution in [1.29, 1.82) is 0 Å². The van der Waals surface area contributed by atoms with Gasteiger partial charge in [-0.05, 0) is 62.2 Å². The molecule has 0 spiro atoms. The highest BCUT2D eigenvalue weighted by Crippen LogP contribution is 2.47. The van der Waals surface area contributed by atoms with Crippen LogP contribution in [0.2, 0.25) is 5.02 Å². The van der Waals surface area contributed by atoms with Gasteiger partial charge in [-0.15, -0.1) is 0 Å². The van der Waals surface area contributed by atoms with E-state index in [0.717, 1.165) is 42.0 Å². The molecule has 1 N–H and O–H groups in total. The average Bonchev–Trinajstić information content (AvgIpc) is 2.66. The van der Waals surface area contributed by atoms with Crippen LogP contribution in [-0.2, 0) is 0 Å².